The van der Waals surface area contributed by atoms with Gasteiger partial charge in [0.25, 0.3) is 0 Å². The minimum absolute atomic E-state index is 0.189. The molecule has 0 saturated carbocycles. The molecule has 0 aliphatic carbocycles. The minimum atomic E-state index is -1.00. The summed E-state index contributed by atoms with van der Waals surface area (Å²) in [6.07, 6.45) is 1.62. The van der Waals surface area contributed by atoms with E-state index in [4.69, 9.17) is 9.47 Å². The second-order valence-corrected chi connectivity index (χ2v) is 6.32. The molecule has 0 atom stereocenters. The Balaban J connectivity index is 2.01. The molecule has 0 amide bonds. The van der Waals surface area contributed by atoms with Crippen molar-refractivity contribution in [1.82, 2.24) is 0 Å². The molecule has 0 aliphatic heterocycles. The van der Waals surface area contributed by atoms with Crippen LogP contribution in [0.3, 0.4) is 0 Å². The average molecular weight is 374 g/mol. The van der Waals surface area contributed by atoms with Gasteiger partial charge in [-0.3, -0.25) is 0 Å². The summed E-state index contributed by atoms with van der Waals surface area (Å²) < 4.78 is 11.5. The number of aliphatic carboxylic acids is 1. The first-order chi connectivity index (χ1) is 13.6. The Bertz CT molecular complexity index is 990. The van der Waals surface area contributed by atoms with Gasteiger partial charge in [-0.15, -0.1) is 0 Å². The number of carboxylic acids is 1. The average Bonchev–Trinajstić information content (AvgIpc) is 2.72. The molecule has 0 bridgehead atoms. The normalized spacial score (nSPS) is 11.1. The number of methoxy groups -OCH3 is 1. The minimum Gasteiger partial charge on any atom is -0.493 e. The molecule has 0 fully saturated rings. The maximum absolute atomic E-state index is 11.9. The molecule has 4 nitrogen and oxygen atoms in total. The van der Waals surface area contributed by atoms with Gasteiger partial charge in [0.2, 0.25) is 0 Å². The number of hydrogen-bond acceptors (Lipinski definition) is 3. The first-order valence-corrected chi connectivity index (χ1v) is 8.95. The Hall–Kier alpha value is -3.53. The van der Waals surface area contributed by atoms with Crippen LogP contribution in [0, 0.1) is 6.92 Å². The molecular formula is C24H22O4. The van der Waals surface area contributed by atoms with E-state index in [-0.39, 0.29) is 5.57 Å². The zero-order chi connectivity index (χ0) is 19.9. The summed E-state index contributed by atoms with van der Waals surface area (Å²) in [5.41, 5.74) is 3.65. The van der Waals surface area contributed by atoms with Crippen LogP contribution < -0.4 is 9.47 Å². The van der Waals surface area contributed by atoms with Crippen molar-refractivity contribution in [3.8, 4) is 11.5 Å². The highest BCUT2D eigenvalue weighted by atomic mass is 16.5. The number of aryl methyl sites for hydroxylation is 1. The van der Waals surface area contributed by atoms with Crippen LogP contribution >= 0.6 is 0 Å². The van der Waals surface area contributed by atoms with Crippen molar-refractivity contribution >= 4 is 17.6 Å². The van der Waals surface area contributed by atoms with Crippen LogP contribution in [0.1, 0.15) is 22.3 Å². The van der Waals surface area contributed by atoms with Gasteiger partial charge in [-0.05, 0) is 35.8 Å². The standard InChI is InChI=1S/C24H22O4/c1-17-9-6-7-12-20(17)16-28-23-19(13-8-14-22(23)27-2)15-21(24(25)26)18-10-4-3-5-11-18/h3-15H,16H2,1-2H3,(H,25,26)/b21-15-. The molecule has 0 heterocycles. The molecule has 0 unspecified atom stereocenters. The molecule has 4 heteroatoms. The Labute approximate surface area is 164 Å². The Morgan fingerprint density at radius 1 is 0.964 bits per heavy atom. The van der Waals surface area contributed by atoms with E-state index in [1.165, 1.54) is 0 Å². The van der Waals surface area contributed by atoms with Gasteiger partial charge in [0.1, 0.15) is 6.61 Å². The summed E-state index contributed by atoms with van der Waals surface area (Å²) in [5.74, 6) is 0.0712. The largest absolute Gasteiger partial charge is 0.493 e. The lowest BCUT2D eigenvalue weighted by Gasteiger charge is -2.15. The molecule has 1 N–H and O–H groups in total. The van der Waals surface area contributed by atoms with Crippen molar-refractivity contribution in [3.05, 3.63) is 95.1 Å². The number of carbonyl (C=O) groups is 1. The Morgan fingerprint density at radius 2 is 1.68 bits per heavy atom. The third kappa shape index (κ3) is 4.41. The first-order valence-electron chi connectivity index (χ1n) is 8.95. The quantitative estimate of drug-likeness (QED) is 0.456. The molecule has 0 saturated heterocycles. The molecule has 0 aromatic heterocycles. The molecule has 0 radical (unpaired) electrons. The fourth-order valence-corrected chi connectivity index (χ4v) is 2.93. The van der Waals surface area contributed by atoms with Gasteiger partial charge < -0.3 is 14.6 Å². The predicted octanol–water partition coefficient (Wildman–Crippen LogP) is 5.21. The maximum atomic E-state index is 11.9. The van der Waals surface area contributed by atoms with Crippen LogP contribution in [0.2, 0.25) is 0 Å². The van der Waals surface area contributed by atoms with Crippen molar-refractivity contribution in [1.29, 1.82) is 0 Å². The SMILES string of the molecule is COc1cccc(/C=C(\C(=O)O)c2ccccc2)c1OCc1ccccc1C. The van der Waals surface area contributed by atoms with Crippen molar-refractivity contribution in [2.45, 2.75) is 13.5 Å². The van der Waals surface area contributed by atoms with Gasteiger partial charge in [0.15, 0.2) is 11.5 Å². The molecule has 28 heavy (non-hydrogen) atoms. The third-order valence-electron chi connectivity index (χ3n) is 4.48. The highest BCUT2D eigenvalue weighted by Crippen LogP contribution is 2.34. The van der Waals surface area contributed by atoms with Gasteiger partial charge >= 0.3 is 5.97 Å². The molecule has 3 aromatic rings. The summed E-state index contributed by atoms with van der Waals surface area (Å²) in [4.78, 5) is 11.9. The second-order valence-electron chi connectivity index (χ2n) is 6.32. The molecular weight excluding hydrogens is 352 g/mol. The number of carboxylic acid groups (broad SMARTS) is 1. The van der Waals surface area contributed by atoms with Crippen molar-refractivity contribution in [3.63, 3.8) is 0 Å². The van der Waals surface area contributed by atoms with E-state index in [2.05, 4.69) is 0 Å². The van der Waals surface area contributed by atoms with E-state index < -0.39 is 5.97 Å². The van der Waals surface area contributed by atoms with Crippen LogP contribution in [0.15, 0.2) is 72.8 Å². The fourth-order valence-electron chi connectivity index (χ4n) is 2.93. The Morgan fingerprint density at radius 3 is 2.36 bits per heavy atom. The van der Waals surface area contributed by atoms with Crippen LogP contribution in [-0.2, 0) is 11.4 Å². The number of benzene rings is 3. The van der Waals surface area contributed by atoms with E-state index in [1.807, 2.05) is 61.5 Å². The number of para-hydroxylation sites is 1. The lowest BCUT2D eigenvalue weighted by molar-refractivity contribution is -0.130. The van der Waals surface area contributed by atoms with E-state index in [9.17, 15) is 9.90 Å². The lowest BCUT2D eigenvalue weighted by atomic mass is 10.0. The molecule has 3 aromatic carbocycles. The van der Waals surface area contributed by atoms with Crippen molar-refractivity contribution in [2.75, 3.05) is 7.11 Å². The lowest BCUT2D eigenvalue weighted by Crippen LogP contribution is -2.03. The first kappa shape index (κ1) is 19.2. The fraction of sp³-hybridized carbons (Fsp3) is 0.125. The van der Waals surface area contributed by atoms with Gasteiger partial charge in [-0.2, -0.15) is 0 Å². The summed E-state index contributed by atoms with van der Waals surface area (Å²) in [6, 6.07) is 22.4. The molecule has 0 spiro atoms. The smallest absolute Gasteiger partial charge is 0.336 e. The van der Waals surface area contributed by atoms with Crippen LogP contribution in [-0.4, -0.2) is 18.2 Å². The Kier molecular flexibility index (Phi) is 6.12. The van der Waals surface area contributed by atoms with Gasteiger partial charge in [0.05, 0.1) is 12.7 Å². The number of rotatable bonds is 7. The maximum Gasteiger partial charge on any atom is 0.336 e. The predicted molar refractivity (Wildman–Crippen MR) is 110 cm³/mol. The van der Waals surface area contributed by atoms with Crippen LogP contribution in [0.5, 0.6) is 11.5 Å². The van der Waals surface area contributed by atoms with Gasteiger partial charge in [-0.1, -0.05) is 66.7 Å². The monoisotopic (exact) mass is 374 g/mol. The zero-order valence-corrected chi connectivity index (χ0v) is 15.9. The van der Waals surface area contributed by atoms with E-state index in [1.54, 1.807) is 31.4 Å². The summed E-state index contributed by atoms with van der Waals surface area (Å²) in [5, 5.41) is 9.71. The van der Waals surface area contributed by atoms with Gasteiger partial charge in [-0.25, -0.2) is 4.79 Å². The molecule has 0 aliphatic rings. The van der Waals surface area contributed by atoms with Crippen LogP contribution in [0.25, 0.3) is 11.6 Å². The second kappa shape index (κ2) is 8.91. The van der Waals surface area contributed by atoms with Gasteiger partial charge in [0, 0.05) is 5.56 Å². The van der Waals surface area contributed by atoms with E-state index >= 15 is 0 Å². The third-order valence-corrected chi connectivity index (χ3v) is 4.48. The molecule has 142 valence electrons. The number of hydrogen-bond donors (Lipinski definition) is 1. The van der Waals surface area contributed by atoms with Crippen molar-refractivity contribution in [2.24, 2.45) is 0 Å². The highest BCUT2D eigenvalue weighted by Gasteiger charge is 2.15. The highest BCUT2D eigenvalue weighted by molar-refractivity contribution is 6.20. The van der Waals surface area contributed by atoms with Crippen molar-refractivity contribution < 1.29 is 19.4 Å². The number of ether oxygens (including phenoxy) is 2. The van der Waals surface area contributed by atoms with E-state index in [0.29, 0.717) is 29.2 Å². The zero-order valence-electron chi connectivity index (χ0n) is 15.9. The van der Waals surface area contributed by atoms with Crippen LogP contribution in [0.4, 0.5) is 0 Å². The summed E-state index contributed by atoms with van der Waals surface area (Å²) >= 11 is 0. The summed E-state index contributed by atoms with van der Waals surface area (Å²) in [6.45, 7) is 2.39. The summed E-state index contributed by atoms with van der Waals surface area (Å²) in [7, 11) is 1.57. The molecule has 3 rings (SSSR count). The topological polar surface area (TPSA) is 55.8 Å². The van der Waals surface area contributed by atoms with E-state index in [0.717, 1.165) is 11.1 Å².